The molecule has 1 fully saturated rings. The Bertz CT molecular complexity index is 311. The molecule has 0 heterocycles. The number of carbonyl (C=O) groups is 2. The maximum Gasteiger partial charge on any atom is 0.323 e. The van der Waals surface area contributed by atoms with E-state index in [4.69, 9.17) is 10.5 Å². The first-order valence-corrected chi connectivity index (χ1v) is 5.90. The van der Waals surface area contributed by atoms with Gasteiger partial charge in [0.1, 0.15) is 5.60 Å². The number of rotatable bonds is 2. The van der Waals surface area contributed by atoms with E-state index < -0.39 is 23.0 Å². The Hall–Kier alpha value is -1.10. The van der Waals surface area contributed by atoms with Crippen molar-refractivity contribution >= 4 is 11.9 Å². The molecule has 0 aromatic rings. The van der Waals surface area contributed by atoms with Crippen LogP contribution in [0.3, 0.4) is 0 Å². The van der Waals surface area contributed by atoms with Gasteiger partial charge in [0, 0.05) is 6.04 Å². The van der Waals surface area contributed by atoms with Gasteiger partial charge in [-0.1, -0.05) is 0 Å². The first-order valence-electron chi connectivity index (χ1n) is 5.90. The van der Waals surface area contributed by atoms with Gasteiger partial charge in [-0.05, 0) is 46.5 Å². The summed E-state index contributed by atoms with van der Waals surface area (Å²) in [7, 11) is 0. The Morgan fingerprint density at radius 2 is 1.76 bits per heavy atom. The van der Waals surface area contributed by atoms with Crippen molar-refractivity contribution in [3.63, 3.8) is 0 Å². The maximum atomic E-state index is 12.0. The van der Waals surface area contributed by atoms with Crippen LogP contribution >= 0.6 is 0 Å². The SMILES string of the molecule is CC(C)(C)OC(=O)C1(C(=O)O)CCC(N)CC1. The molecule has 1 saturated carbocycles. The molecule has 0 saturated heterocycles. The minimum atomic E-state index is -1.40. The molecule has 0 atom stereocenters. The summed E-state index contributed by atoms with van der Waals surface area (Å²) < 4.78 is 5.22. The van der Waals surface area contributed by atoms with Gasteiger partial charge in [-0.25, -0.2) is 0 Å². The van der Waals surface area contributed by atoms with Gasteiger partial charge >= 0.3 is 11.9 Å². The van der Waals surface area contributed by atoms with Crippen molar-refractivity contribution in [2.45, 2.75) is 58.1 Å². The monoisotopic (exact) mass is 243 g/mol. The molecule has 0 aromatic heterocycles. The Labute approximate surface area is 101 Å². The topological polar surface area (TPSA) is 89.6 Å². The Morgan fingerprint density at radius 1 is 1.29 bits per heavy atom. The summed E-state index contributed by atoms with van der Waals surface area (Å²) in [6.45, 7) is 5.19. The third kappa shape index (κ3) is 3.19. The van der Waals surface area contributed by atoms with Gasteiger partial charge in [0.05, 0.1) is 0 Å². The second-order valence-corrected chi connectivity index (χ2v) is 5.73. The van der Waals surface area contributed by atoms with Crippen LogP contribution in [0.15, 0.2) is 0 Å². The van der Waals surface area contributed by atoms with Crippen molar-refractivity contribution in [1.29, 1.82) is 0 Å². The van der Waals surface area contributed by atoms with Crippen LogP contribution in [0.1, 0.15) is 46.5 Å². The summed E-state index contributed by atoms with van der Waals surface area (Å²) in [5.41, 5.74) is 3.67. The number of aliphatic carboxylic acids is 1. The first kappa shape index (κ1) is 14.0. The van der Waals surface area contributed by atoms with E-state index in [0.29, 0.717) is 12.8 Å². The van der Waals surface area contributed by atoms with Crippen molar-refractivity contribution in [1.82, 2.24) is 0 Å². The van der Waals surface area contributed by atoms with Crippen LogP contribution in [-0.2, 0) is 14.3 Å². The summed E-state index contributed by atoms with van der Waals surface area (Å²) in [6.07, 6.45) is 1.62. The van der Waals surface area contributed by atoms with E-state index in [9.17, 15) is 14.7 Å². The fraction of sp³-hybridized carbons (Fsp3) is 0.833. The highest BCUT2D eigenvalue weighted by Gasteiger charge is 2.50. The molecular weight excluding hydrogens is 222 g/mol. The second kappa shape index (κ2) is 4.64. The Balaban J connectivity index is 2.86. The first-order chi connectivity index (χ1) is 7.67. The van der Waals surface area contributed by atoms with E-state index in [-0.39, 0.29) is 18.9 Å². The van der Waals surface area contributed by atoms with E-state index in [0.717, 1.165) is 0 Å². The zero-order valence-corrected chi connectivity index (χ0v) is 10.7. The van der Waals surface area contributed by atoms with Crippen molar-refractivity contribution in [3.05, 3.63) is 0 Å². The Morgan fingerprint density at radius 3 is 2.12 bits per heavy atom. The smallest absolute Gasteiger partial charge is 0.323 e. The highest BCUT2D eigenvalue weighted by Crippen LogP contribution is 2.38. The molecule has 1 aliphatic rings. The summed E-state index contributed by atoms with van der Waals surface area (Å²) in [4.78, 5) is 23.4. The zero-order valence-electron chi connectivity index (χ0n) is 10.7. The quantitative estimate of drug-likeness (QED) is 0.563. The van der Waals surface area contributed by atoms with Gasteiger partial charge in [0.25, 0.3) is 0 Å². The van der Waals surface area contributed by atoms with Crippen LogP contribution in [0.2, 0.25) is 0 Å². The lowest BCUT2D eigenvalue weighted by atomic mass is 9.72. The molecule has 0 aromatic carbocycles. The molecule has 0 unspecified atom stereocenters. The molecule has 3 N–H and O–H groups in total. The number of nitrogens with two attached hydrogens (primary N) is 1. The number of carboxylic acids is 1. The van der Waals surface area contributed by atoms with Gasteiger partial charge in [0.2, 0.25) is 0 Å². The predicted octanol–water partition coefficient (Wildman–Crippen LogP) is 1.30. The molecule has 1 rings (SSSR count). The van der Waals surface area contributed by atoms with Crippen LogP contribution in [0.25, 0.3) is 0 Å². The van der Waals surface area contributed by atoms with Crippen LogP contribution in [0, 0.1) is 5.41 Å². The summed E-state index contributed by atoms with van der Waals surface area (Å²) in [5, 5.41) is 9.30. The average Bonchev–Trinajstić information content (AvgIpc) is 2.15. The molecule has 5 nitrogen and oxygen atoms in total. The molecule has 5 heteroatoms. The third-order valence-corrected chi connectivity index (χ3v) is 3.08. The van der Waals surface area contributed by atoms with Gasteiger partial charge in [-0.2, -0.15) is 0 Å². The van der Waals surface area contributed by atoms with Gasteiger partial charge in [-0.15, -0.1) is 0 Å². The van der Waals surface area contributed by atoms with E-state index in [1.165, 1.54) is 0 Å². The molecule has 0 aliphatic heterocycles. The minimum absolute atomic E-state index is 0.00934. The molecule has 0 spiro atoms. The van der Waals surface area contributed by atoms with Crippen molar-refractivity contribution in [2.24, 2.45) is 11.1 Å². The fourth-order valence-corrected chi connectivity index (χ4v) is 2.01. The fourth-order valence-electron chi connectivity index (χ4n) is 2.01. The van der Waals surface area contributed by atoms with Crippen LogP contribution in [-0.4, -0.2) is 28.7 Å². The number of hydrogen-bond donors (Lipinski definition) is 2. The number of ether oxygens (including phenoxy) is 1. The van der Waals surface area contributed by atoms with E-state index >= 15 is 0 Å². The number of esters is 1. The number of carbonyl (C=O) groups excluding carboxylic acids is 1. The molecule has 0 radical (unpaired) electrons. The molecule has 17 heavy (non-hydrogen) atoms. The maximum absolute atomic E-state index is 12.0. The molecule has 0 bridgehead atoms. The summed E-state index contributed by atoms with van der Waals surface area (Å²) >= 11 is 0. The lowest BCUT2D eigenvalue weighted by Crippen LogP contribution is -2.47. The standard InChI is InChI=1S/C12H21NO4/c1-11(2,3)17-10(16)12(9(14)15)6-4-8(13)5-7-12/h8H,4-7,13H2,1-3H3,(H,14,15). The molecule has 1 aliphatic carbocycles. The van der Waals surface area contributed by atoms with Crippen molar-refractivity contribution < 1.29 is 19.4 Å². The lowest BCUT2D eigenvalue weighted by molar-refractivity contribution is -0.179. The van der Waals surface area contributed by atoms with Gasteiger partial charge in [-0.3, -0.25) is 9.59 Å². The van der Waals surface area contributed by atoms with Crippen LogP contribution < -0.4 is 5.73 Å². The van der Waals surface area contributed by atoms with Crippen LogP contribution in [0.5, 0.6) is 0 Å². The number of carboxylic acid groups (broad SMARTS) is 1. The zero-order chi connectivity index (χ0) is 13.3. The summed E-state index contributed by atoms with van der Waals surface area (Å²) in [6, 6.07) is -0.00934. The lowest BCUT2D eigenvalue weighted by Gasteiger charge is -2.35. The molecule has 0 amide bonds. The van der Waals surface area contributed by atoms with E-state index in [2.05, 4.69) is 0 Å². The van der Waals surface area contributed by atoms with E-state index in [1.54, 1.807) is 20.8 Å². The highest BCUT2D eigenvalue weighted by atomic mass is 16.6. The highest BCUT2D eigenvalue weighted by molar-refractivity contribution is 5.99. The normalized spacial score (nSPS) is 29.8. The van der Waals surface area contributed by atoms with Crippen LogP contribution in [0.4, 0.5) is 0 Å². The third-order valence-electron chi connectivity index (χ3n) is 3.08. The predicted molar refractivity (Wildman–Crippen MR) is 62.4 cm³/mol. The van der Waals surface area contributed by atoms with Gasteiger partial charge in [0.15, 0.2) is 5.41 Å². The van der Waals surface area contributed by atoms with Gasteiger partial charge < -0.3 is 15.6 Å². The molecule has 98 valence electrons. The van der Waals surface area contributed by atoms with Crippen molar-refractivity contribution in [3.8, 4) is 0 Å². The molecular formula is C12H21NO4. The minimum Gasteiger partial charge on any atom is -0.480 e. The largest absolute Gasteiger partial charge is 0.480 e. The Kier molecular flexibility index (Phi) is 3.81. The average molecular weight is 243 g/mol. The van der Waals surface area contributed by atoms with E-state index in [1.807, 2.05) is 0 Å². The number of hydrogen-bond acceptors (Lipinski definition) is 4. The second-order valence-electron chi connectivity index (χ2n) is 5.73. The summed E-state index contributed by atoms with van der Waals surface area (Å²) in [5.74, 6) is -1.73. The van der Waals surface area contributed by atoms with Crippen molar-refractivity contribution in [2.75, 3.05) is 0 Å².